The number of carbonyl (C=O) groups excluding carboxylic acids is 2. The number of hydrogen-bond acceptors (Lipinski definition) is 2. The van der Waals surface area contributed by atoms with Gasteiger partial charge in [0.25, 0.3) is 0 Å². The molecule has 1 atom stereocenters. The second-order valence-electron chi connectivity index (χ2n) is 6.92. The lowest BCUT2D eigenvalue weighted by Gasteiger charge is -2.33. The van der Waals surface area contributed by atoms with Crippen molar-refractivity contribution >= 4 is 11.8 Å². The standard InChI is InChI=1S/C19H30N2O2/c1-6-11-17(22)21(14-15-12-9-8-10-13-15)16(7-2)18(23)20-19(3,4)5/h8-10,12-13,16H,6-7,11,14H2,1-5H3,(H,20,23). The van der Waals surface area contributed by atoms with Gasteiger partial charge in [-0.3, -0.25) is 9.59 Å². The molecular formula is C19H30N2O2. The van der Waals surface area contributed by atoms with Crippen molar-refractivity contribution in [2.45, 2.75) is 72.0 Å². The van der Waals surface area contributed by atoms with Gasteiger partial charge in [0.05, 0.1) is 0 Å². The van der Waals surface area contributed by atoms with Crippen LogP contribution in [0, 0.1) is 0 Å². The molecule has 0 saturated carbocycles. The smallest absolute Gasteiger partial charge is 0.243 e. The molecule has 0 radical (unpaired) electrons. The number of nitrogens with one attached hydrogen (secondary N) is 1. The second-order valence-corrected chi connectivity index (χ2v) is 6.92. The molecule has 1 aromatic rings. The van der Waals surface area contributed by atoms with Gasteiger partial charge in [-0.2, -0.15) is 0 Å². The molecule has 0 saturated heterocycles. The molecule has 1 aromatic carbocycles. The van der Waals surface area contributed by atoms with Crippen LogP contribution in [0.3, 0.4) is 0 Å². The van der Waals surface area contributed by atoms with Crippen LogP contribution in [0.15, 0.2) is 30.3 Å². The molecule has 4 heteroatoms. The molecule has 1 unspecified atom stereocenters. The van der Waals surface area contributed by atoms with Crippen molar-refractivity contribution in [3.63, 3.8) is 0 Å². The van der Waals surface area contributed by atoms with Gasteiger partial charge in [-0.25, -0.2) is 0 Å². The summed E-state index contributed by atoms with van der Waals surface area (Å²) in [6.07, 6.45) is 1.85. The van der Waals surface area contributed by atoms with Crippen LogP contribution in [-0.4, -0.2) is 28.3 Å². The van der Waals surface area contributed by atoms with Crippen molar-refractivity contribution in [2.75, 3.05) is 0 Å². The molecule has 128 valence electrons. The maximum Gasteiger partial charge on any atom is 0.243 e. The molecule has 2 amide bonds. The Bertz CT molecular complexity index is 506. The zero-order chi connectivity index (χ0) is 17.5. The molecule has 0 heterocycles. The molecule has 0 aliphatic carbocycles. The first-order valence-corrected chi connectivity index (χ1v) is 8.44. The lowest BCUT2D eigenvalue weighted by atomic mass is 10.0. The average Bonchev–Trinajstić information content (AvgIpc) is 2.46. The highest BCUT2D eigenvalue weighted by Crippen LogP contribution is 2.15. The molecule has 1 N–H and O–H groups in total. The summed E-state index contributed by atoms with van der Waals surface area (Å²) in [7, 11) is 0. The minimum atomic E-state index is -0.437. The summed E-state index contributed by atoms with van der Waals surface area (Å²) in [4.78, 5) is 26.9. The monoisotopic (exact) mass is 318 g/mol. The molecule has 23 heavy (non-hydrogen) atoms. The van der Waals surface area contributed by atoms with Crippen molar-refractivity contribution in [3.8, 4) is 0 Å². The van der Waals surface area contributed by atoms with Gasteiger partial charge in [0.2, 0.25) is 11.8 Å². The van der Waals surface area contributed by atoms with Crippen molar-refractivity contribution in [2.24, 2.45) is 0 Å². The number of amides is 2. The average molecular weight is 318 g/mol. The van der Waals surface area contributed by atoms with Crippen LogP contribution >= 0.6 is 0 Å². The van der Waals surface area contributed by atoms with Gasteiger partial charge < -0.3 is 10.2 Å². The molecule has 0 bridgehead atoms. The van der Waals surface area contributed by atoms with Crippen LogP contribution in [-0.2, 0) is 16.1 Å². The zero-order valence-corrected chi connectivity index (χ0v) is 15.1. The fraction of sp³-hybridized carbons (Fsp3) is 0.579. The number of rotatable bonds is 7. The van der Waals surface area contributed by atoms with Crippen LogP contribution < -0.4 is 5.32 Å². The summed E-state index contributed by atoms with van der Waals surface area (Å²) in [6.45, 7) is 10.3. The van der Waals surface area contributed by atoms with Crippen molar-refractivity contribution in [1.29, 1.82) is 0 Å². The van der Waals surface area contributed by atoms with Gasteiger partial charge >= 0.3 is 0 Å². The van der Waals surface area contributed by atoms with Gasteiger partial charge in [0.15, 0.2) is 0 Å². The zero-order valence-electron chi connectivity index (χ0n) is 15.1. The summed E-state index contributed by atoms with van der Waals surface area (Å²) in [5.74, 6) is -0.0485. The van der Waals surface area contributed by atoms with E-state index in [1.54, 1.807) is 4.90 Å². The summed E-state index contributed by atoms with van der Waals surface area (Å²) in [5, 5.41) is 3.00. The highest BCUT2D eigenvalue weighted by molar-refractivity contribution is 5.88. The van der Waals surface area contributed by atoms with E-state index in [2.05, 4.69) is 5.32 Å². The van der Waals surface area contributed by atoms with E-state index >= 15 is 0 Å². The third-order valence-electron chi connectivity index (χ3n) is 3.54. The predicted octanol–water partition coefficient (Wildman–Crippen LogP) is 3.51. The number of nitrogens with zero attached hydrogens (tertiary/aromatic N) is 1. The fourth-order valence-electron chi connectivity index (χ4n) is 2.51. The van der Waals surface area contributed by atoms with Gasteiger partial charge in [-0.1, -0.05) is 44.2 Å². The van der Waals surface area contributed by atoms with Crippen molar-refractivity contribution in [1.82, 2.24) is 10.2 Å². The van der Waals surface area contributed by atoms with Crippen LogP contribution in [0.1, 0.15) is 59.4 Å². The van der Waals surface area contributed by atoms with E-state index in [4.69, 9.17) is 0 Å². The molecule has 0 aliphatic rings. The Kier molecular flexibility index (Phi) is 7.27. The SMILES string of the molecule is CCCC(=O)N(Cc1ccccc1)C(CC)C(=O)NC(C)(C)C. The first-order chi connectivity index (χ1) is 10.8. The molecular weight excluding hydrogens is 288 g/mol. The van der Waals surface area contributed by atoms with Gasteiger partial charge in [0.1, 0.15) is 6.04 Å². The summed E-state index contributed by atoms with van der Waals surface area (Å²) >= 11 is 0. The highest BCUT2D eigenvalue weighted by atomic mass is 16.2. The summed E-state index contributed by atoms with van der Waals surface area (Å²) < 4.78 is 0. The molecule has 1 rings (SSSR count). The minimum absolute atomic E-state index is 0.0345. The normalized spacial score (nSPS) is 12.6. The molecule has 4 nitrogen and oxygen atoms in total. The van der Waals surface area contributed by atoms with E-state index in [1.807, 2.05) is 65.0 Å². The topological polar surface area (TPSA) is 49.4 Å². The van der Waals surface area contributed by atoms with Gasteiger partial charge in [-0.05, 0) is 39.2 Å². The maximum atomic E-state index is 12.6. The maximum absolute atomic E-state index is 12.6. The summed E-state index contributed by atoms with van der Waals surface area (Å²) in [5.41, 5.74) is 0.732. The van der Waals surface area contributed by atoms with E-state index in [1.165, 1.54) is 0 Å². The molecule has 0 fully saturated rings. The van der Waals surface area contributed by atoms with Crippen molar-refractivity contribution in [3.05, 3.63) is 35.9 Å². The molecule has 0 spiro atoms. The van der Waals surface area contributed by atoms with Crippen LogP contribution in [0.4, 0.5) is 0 Å². The van der Waals surface area contributed by atoms with Gasteiger partial charge in [-0.15, -0.1) is 0 Å². The Morgan fingerprint density at radius 2 is 1.74 bits per heavy atom. The van der Waals surface area contributed by atoms with E-state index in [0.29, 0.717) is 19.4 Å². The van der Waals surface area contributed by atoms with Gasteiger partial charge in [0, 0.05) is 18.5 Å². The molecule has 0 aromatic heterocycles. The van der Waals surface area contributed by atoms with Crippen LogP contribution in [0.2, 0.25) is 0 Å². The highest BCUT2D eigenvalue weighted by Gasteiger charge is 2.29. The Labute approximate surface area is 140 Å². The summed E-state index contributed by atoms with van der Waals surface area (Å²) in [6, 6.07) is 9.39. The lowest BCUT2D eigenvalue weighted by Crippen LogP contribution is -2.53. The molecule has 0 aliphatic heterocycles. The fourth-order valence-corrected chi connectivity index (χ4v) is 2.51. The quantitative estimate of drug-likeness (QED) is 0.836. The first-order valence-electron chi connectivity index (χ1n) is 8.44. The van der Waals surface area contributed by atoms with E-state index in [0.717, 1.165) is 12.0 Å². The first kappa shape index (κ1) is 19.2. The van der Waals surface area contributed by atoms with Crippen LogP contribution in [0.25, 0.3) is 0 Å². The number of carbonyl (C=O) groups is 2. The number of benzene rings is 1. The van der Waals surface area contributed by atoms with E-state index < -0.39 is 6.04 Å². The Morgan fingerprint density at radius 3 is 2.22 bits per heavy atom. The third-order valence-corrected chi connectivity index (χ3v) is 3.54. The minimum Gasteiger partial charge on any atom is -0.350 e. The lowest BCUT2D eigenvalue weighted by molar-refractivity contribution is -0.142. The predicted molar refractivity (Wildman–Crippen MR) is 93.9 cm³/mol. The third kappa shape index (κ3) is 6.43. The van der Waals surface area contributed by atoms with E-state index in [9.17, 15) is 9.59 Å². The Morgan fingerprint density at radius 1 is 1.13 bits per heavy atom. The second kappa shape index (κ2) is 8.70. The Hall–Kier alpha value is -1.84. The van der Waals surface area contributed by atoms with Crippen LogP contribution in [0.5, 0.6) is 0 Å². The van der Waals surface area contributed by atoms with Crippen molar-refractivity contribution < 1.29 is 9.59 Å². The Balaban J connectivity index is 3.00. The largest absolute Gasteiger partial charge is 0.350 e. The number of hydrogen-bond donors (Lipinski definition) is 1. The van der Waals surface area contributed by atoms with E-state index in [-0.39, 0.29) is 17.4 Å².